The van der Waals surface area contributed by atoms with Crippen molar-refractivity contribution in [1.29, 1.82) is 0 Å². The lowest BCUT2D eigenvalue weighted by Crippen LogP contribution is -2.41. The molecule has 0 bridgehead atoms. The third-order valence-corrected chi connectivity index (χ3v) is 7.86. The Morgan fingerprint density at radius 3 is 2.42 bits per heavy atom. The Morgan fingerprint density at radius 1 is 1.23 bits per heavy atom. The molecule has 1 aromatic heterocycles. The topological polar surface area (TPSA) is 108 Å². The fourth-order valence-electron chi connectivity index (χ4n) is 3.34. The summed E-state index contributed by atoms with van der Waals surface area (Å²) in [7, 11) is -3.60. The van der Waals surface area contributed by atoms with Crippen LogP contribution >= 0.6 is 11.3 Å². The van der Waals surface area contributed by atoms with Gasteiger partial charge in [0.25, 0.3) is 5.91 Å². The normalized spacial score (nSPS) is 16.2. The number of benzene rings is 1. The molecule has 1 aliphatic heterocycles. The van der Waals surface area contributed by atoms with Crippen LogP contribution in [-0.2, 0) is 14.8 Å². The Hall–Kier alpha value is -2.30. The molecule has 1 saturated heterocycles. The molecule has 1 aliphatic rings. The Balaban J connectivity index is 1.56. The molecule has 1 atom stereocenters. The number of anilines is 1. The SMILES string of the molecule is CCC(C)NS(=O)(=O)c1ccc(C(=O)N2CCC(C(=O)Nc3nc(C)cs3)CC2)cc1. The average molecular weight is 465 g/mol. The number of carbonyl (C=O) groups excluding carboxylic acids is 2. The molecule has 0 spiro atoms. The first-order valence-electron chi connectivity index (χ1n) is 10.3. The fourth-order valence-corrected chi connectivity index (χ4v) is 5.36. The Kier molecular flexibility index (Phi) is 7.45. The number of nitrogens with one attached hydrogen (secondary N) is 2. The van der Waals surface area contributed by atoms with Gasteiger partial charge in [0.2, 0.25) is 15.9 Å². The van der Waals surface area contributed by atoms with Gasteiger partial charge in [0.1, 0.15) is 0 Å². The van der Waals surface area contributed by atoms with Crippen molar-refractivity contribution in [3.63, 3.8) is 0 Å². The van der Waals surface area contributed by atoms with Crippen LogP contribution in [0, 0.1) is 12.8 Å². The van der Waals surface area contributed by atoms with Crippen molar-refractivity contribution >= 4 is 38.3 Å². The number of sulfonamides is 1. The Morgan fingerprint density at radius 2 is 1.87 bits per heavy atom. The lowest BCUT2D eigenvalue weighted by atomic mass is 9.95. The van der Waals surface area contributed by atoms with E-state index in [0.29, 0.717) is 43.0 Å². The van der Waals surface area contributed by atoms with E-state index in [1.807, 2.05) is 19.2 Å². The maximum absolute atomic E-state index is 12.8. The Bertz CT molecular complexity index is 1030. The molecule has 2 N–H and O–H groups in total. The number of thiazole rings is 1. The van der Waals surface area contributed by atoms with Crippen molar-refractivity contribution in [1.82, 2.24) is 14.6 Å². The minimum Gasteiger partial charge on any atom is -0.339 e. The molecule has 2 amide bonds. The monoisotopic (exact) mass is 464 g/mol. The van der Waals surface area contributed by atoms with E-state index in [1.165, 1.54) is 35.6 Å². The van der Waals surface area contributed by atoms with Crippen LogP contribution in [0.15, 0.2) is 34.5 Å². The number of amides is 2. The van der Waals surface area contributed by atoms with E-state index < -0.39 is 10.0 Å². The summed E-state index contributed by atoms with van der Waals surface area (Å²) in [6.07, 6.45) is 1.84. The second-order valence-corrected chi connectivity index (χ2v) is 10.4. The molecule has 0 aliphatic carbocycles. The van der Waals surface area contributed by atoms with Gasteiger partial charge in [0.15, 0.2) is 5.13 Å². The van der Waals surface area contributed by atoms with Crippen LogP contribution in [0.5, 0.6) is 0 Å². The van der Waals surface area contributed by atoms with Gasteiger partial charge < -0.3 is 10.2 Å². The summed E-state index contributed by atoms with van der Waals surface area (Å²) in [4.78, 5) is 31.3. The summed E-state index contributed by atoms with van der Waals surface area (Å²) >= 11 is 1.40. The van der Waals surface area contributed by atoms with Crippen molar-refractivity contribution < 1.29 is 18.0 Å². The van der Waals surface area contributed by atoms with Gasteiger partial charge in [-0.2, -0.15) is 0 Å². The van der Waals surface area contributed by atoms with Crippen LogP contribution in [-0.4, -0.2) is 49.2 Å². The van der Waals surface area contributed by atoms with Crippen molar-refractivity contribution in [3.05, 3.63) is 40.9 Å². The maximum Gasteiger partial charge on any atom is 0.253 e. The van der Waals surface area contributed by atoms with E-state index in [9.17, 15) is 18.0 Å². The van der Waals surface area contributed by atoms with Crippen LogP contribution in [0.3, 0.4) is 0 Å². The maximum atomic E-state index is 12.8. The second kappa shape index (κ2) is 9.88. The van der Waals surface area contributed by atoms with Gasteiger partial charge in [-0.3, -0.25) is 9.59 Å². The summed E-state index contributed by atoms with van der Waals surface area (Å²) in [6, 6.07) is 5.82. The van der Waals surface area contributed by atoms with Crippen LogP contribution in [0.25, 0.3) is 0 Å². The zero-order valence-corrected chi connectivity index (χ0v) is 19.6. The van der Waals surface area contributed by atoms with Gasteiger partial charge in [-0.15, -0.1) is 11.3 Å². The summed E-state index contributed by atoms with van der Waals surface area (Å²) in [5.41, 5.74) is 1.30. The smallest absolute Gasteiger partial charge is 0.253 e. The van der Waals surface area contributed by atoms with E-state index in [4.69, 9.17) is 0 Å². The lowest BCUT2D eigenvalue weighted by Gasteiger charge is -2.31. The standard InChI is InChI=1S/C21H28N4O4S2/c1-4-14(2)24-31(28,29)18-7-5-17(6-8-18)20(27)25-11-9-16(10-12-25)19(26)23-21-22-15(3)13-30-21/h5-8,13-14,16,24H,4,9-12H2,1-3H3,(H,22,23,26). The first kappa shape index (κ1) is 23.4. The number of carbonyl (C=O) groups is 2. The van der Waals surface area contributed by atoms with Gasteiger partial charge >= 0.3 is 0 Å². The number of hydrogen-bond acceptors (Lipinski definition) is 6. The number of rotatable bonds is 7. The molecule has 168 valence electrons. The third kappa shape index (κ3) is 5.90. The Labute approximate surface area is 187 Å². The fraction of sp³-hybridized carbons (Fsp3) is 0.476. The van der Waals surface area contributed by atoms with Gasteiger partial charge in [-0.05, 0) is 57.4 Å². The predicted octanol–water partition coefficient (Wildman–Crippen LogP) is 3.02. The molecule has 1 aromatic carbocycles. The van der Waals surface area contributed by atoms with Crippen LogP contribution in [0.1, 0.15) is 49.2 Å². The molecule has 0 radical (unpaired) electrons. The van der Waals surface area contributed by atoms with E-state index >= 15 is 0 Å². The highest BCUT2D eigenvalue weighted by atomic mass is 32.2. The predicted molar refractivity (Wildman–Crippen MR) is 121 cm³/mol. The molecule has 2 aromatic rings. The first-order chi connectivity index (χ1) is 14.7. The number of nitrogens with zero attached hydrogens (tertiary/aromatic N) is 2. The molecule has 1 unspecified atom stereocenters. The highest BCUT2D eigenvalue weighted by Gasteiger charge is 2.28. The number of likely N-dealkylation sites (tertiary alicyclic amines) is 1. The van der Waals surface area contributed by atoms with Crippen LogP contribution in [0.4, 0.5) is 5.13 Å². The third-order valence-electron chi connectivity index (χ3n) is 5.38. The molecular weight excluding hydrogens is 436 g/mol. The number of piperidine rings is 1. The number of hydrogen-bond donors (Lipinski definition) is 2. The highest BCUT2D eigenvalue weighted by Crippen LogP contribution is 2.23. The zero-order chi connectivity index (χ0) is 22.6. The minimum atomic E-state index is -3.60. The lowest BCUT2D eigenvalue weighted by molar-refractivity contribution is -0.121. The van der Waals surface area contributed by atoms with E-state index in [2.05, 4.69) is 15.0 Å². The summed E-state index contributed by atoms with van der Waals surface area (Å²) < 4.78 is 27.3. The van der Waals surface area contributed by atoms with Crippen molar-refractivity contribution in [2.24, 2.45) is 5.92 Å². The molecule has 3 rings (SSSR count). The van der Waals surface area contributed by atoms with Crippen molar-refractivity contribution in [2.75, 3.05) is 18.4 Å². The first-order valence-corrected chi connectivity index (χ1v) is 12.7. The highest BCUT2D eigenvalue weighted by molar-refractivity contribution is 7.89. The summed E-state index contributed by atoms with van der Waals surface area (Å²) in [5, 5.41) is 5.33. The van der Waals surface area contributed by atoms with E-state index in [0.717, 1.165) is 5.69 Å². The molecule has 2 heterocycles. The largest absolute Gasteiger partial charge is 0.339 e. The average Bonchev–Trinajstić information content (AvgIpc) is 3.17. The van der Waals surface area contributed by atoms with Crippen LogP contribution < -0.4 is 10.0 Å². The van der Waals surface area contributed by atoms with Crippen molar-refractivity contribution in [3.8, 4) is 0 Å². The summed E-state index contributed by atoms with van der Waals surface area (Å²) in [5.74, 6) is -0.384. The number of aromatic nitrogens is 1. The van der Waals surface area contributed by atoms with Gasteiger partial charge in [0, 0.05) is 36.0 Å². The number of aryl methyl sites for hydroxylation is 1. The molecule has 10 heteroatoms. The quantitative estimate of drug-likeness (QED) is 0.655. The van der Waals surface area contributed by atoms with Gasteiger partial charge in [-0.1, -0.05) is 6.92 Å². The molecule has 0 saturated carbocycles. The molecule has 31 heavy (non-hydrogen) atoms. The van der Waals surface area contributed by atoms with E-state index in [-0.39, 0.29) is 28.7 Å². The van der Waals surface area contributed by atoms with Crippen molar-refractivity contribution in [2.45, 2.75) is 51.0 Å². The van der Waals surface area contributed by atoms with Crippen LogP contribution in [0.2, 0.25) is 0 Å². The second-order valence-electron chi connectivity index (χ2n) is 7.80. The molecular formula is C21H28N4O4S2. The zero-order valence-electron chi connectivity index (χ0n) is 17.9. The van der Waals surface area contributed by atoms with E-state index in [1.54, 1.807) is 11.8 Å². The minimum absolute atomic E-state index is 0.0650. The van der Waals surface area contributed by atoms with Gasteiger partial charge in [-0.25, -0.2) is 18.1 Å². The molecule has 8 nitrogen and oxygen atoms in total. The summed E-state index contributed by atoms with van der Waals surface area (Å²) in [6.45, 7) is 6.53. The molecule has 1 fully saturated rings. The van der Waals surface area contributed by atoms with Gasteiger partial charge in [0.05, 0.1) is 10.6 Å².